The third-order valence-corrected chi connectivity index (χ3v) is 9.83. The van der Waals surface area contributed by atoms with Gasteiger partial charge in [0, 0.05) is 12.1 Å². The first-order valence-electron chi connectivity index (χ1n) is 13.2. The molecule has 0 spiro atoms. The van der Waals surface area contributed by atoms with Gasteiger partial charge in [0.2, 0.25) is 0 Å². The summed E-state index contributed by atoms with van der Waals surface area (Å²) in [4.78, 5) is 52.6. The highest BCUT2D eigenvalue weighted by Crippen LogP contribution is 2.54. The fourth-order valence-corrected chi connectivity index (χ4v) is 7.77. The Kier molecular flexibility index (Phi) is 7.22. The van der Waals surface area contributed by atoms with Gasteiger partial charge in [-0.15, -0.1) is 0 Å². The molecule has 0 radical (unpaired) electrons. The van der Waals surface area contributed by atoms with Gasteiger partial charge < -0.3 is 44.8 Å². The zero-order valence-electron chi connectivity index (χ0n) is 22.3. The van der Waals surface area contributed by atoms with Crippen LogP contribution in [-0.2, 0) is 32.2 Å². The molecular weight excluding hydrogens is 630 g/mol. The average Bonchev–Trinajstić information content (AvgIpc) is 3.73. The van der Waals surface area contributed by atoms with Crippen LogP contribution in [0.25, 0.3) is 22.3 Å². The van der Waals surface area contributed by atoms with Crippen molar-refractivity contribution in [3.63, 3.8) is 0 Å². The van der Waals surface area contributed by atoms with E-state index in [2.05, 4.69) is 24.9 Å². The monoisotopic (exact) mass is 656 g/mol. The maximum atomic E-state index is 13.3. The predicted molar refractivity (Wildman–Crippen MR) is 144 cm³/mol. The lowest BCUT2D eigenvalue weighted by Crippen LogP contribution is -2.35. The zero-order valence-corrected chi connectivity index (χ0v) is 24.1. The molecule has 1 aliphatic carbocycles. The number of imidazole rings is 2. The number of aliphatic hydroxyl groups is 2. The van der Waals surface area contributed by atoms with Crippen LogP contribution in [0.3, 0.4) is 0 Å². The lowest BCUT2D eigenvalue weighted by Gasteiger charge is -2.27. The Morgan fingerprint density at radius 3 is 2.55 bits per heavy atom. The Balaban J connectivity index is 1.20. The number of phosphoric ester groups is 1. The molecule has 0 aromatic carbocycles. The van der Waals surface area contributed by atoms with Crippen molar-refractivity contribution in [1.29, 1.82) is 0 Å². The maximum absolute atomic E-state index is 13.3. The van der Waals surface area contributed by atoms with E-state index >= 15 is 0 Å². The number of nitrogens with zero attached hydrogens (tertiary/aromatic N) is 6. The molecule has 20 nitrogen and oxygen atoms in total. The van der Waals surface area contributed by atoms with Crippen LogP contribution in [0.1, 0.15) is 18.7 Å². The van der Waals surface area contributed by atoms with Gasteiger partial charge in [-0.1, -0.05) is 0 Å². The highest BCUT2D eigenvalue weighted by Gasteiger charge is 2.53. The van der Waals surface area contributed by atoms with E-state index in [1.54, 1.807) is 0 Å². The number of aromatic amines is 1. The molecule has 10 atom stereocenters. The summed E-state index contributed by atoms with van der Waals surface area (Å²) in [5.41, 5.74) is 6.33. The Morgan fingerprint density at radius 2 is 1.73 bits per heavy atom. The minimum atomic E-state index is -4.98. The van der Waals surface area contributed by atoms with Crippen molar-refractivity contribution in [1.82, 2.24) is 34.1 Å². The van der Waals surface area contributed by atoms with Crippen LogP contribution in [0, 0.1) is 5.92 Å². The Bertz CT molecular complexity index is 1880. The quantitative estimate of drug-likeness (QED) is 0.146. The number of aromatic nitrogens is 7. The molecule has 4 aromatic heterocycles. The maximum Gasteiger partial charge on any atom is 0.472 e. The van der Waals surface area contributed by atoms with E-state index in [1.165, 1.54) is 34.1 Å². The molecule has 3 fully saturated rings. The summed E-state index contributed by atoms with van der Waals surface area (Å²) < 4.78 is 56.4. The number of nitrogens with one attached hydrogen (secondary N) is 1. The standard InChI is InChI=1S/C22H26N8O12P2/c23-10-1-2-24-18-12(10)27-7-30(18)21-15(32)17-22(40-21)38-8-43(34,35)41-16-11(3-9(14(16)31)4-39-44(36,37)42-17)29-6-28-13-19(29)25-5-26-20(13)33/h1-2,5-7,9,11,14-17,21-22,31-32H,3-4,8H2,(H2,23,24)(H,34,35)(H,36,37)(H,25,26,33)/t9-,11-,14+,15?,16?,17-,21-,22+/m1/s1. The first kappa shape index (κ1) is 29.6. The van der Waals surface area contributed by atoms with Gasteiger partial charge in [0.15, 0.2) is 41.8 Å². The Morgan fingerprint density at radius 1 is 0.977 bits per heavy atom. The number of fused-ring (bicyclic) bond motifs is 5. The number of aliphatic hydroxyl groups excluding tert-OH is 2. The minimum absolute atomic E-state index is 0.00364. The molecule has 2 saturated heterocycles. The highest BCUT2D eigenvalue weighted by molar-refractivity contribution is 7.52. The van der Waals surface area contributed by atoms with Crippen LogP contribution < -0.4 is 11.3 Å². The summed E-state index contributed by atoms with van der Waals surface area (Å²) in [5.74, 6) is -0.919. The fraction of sp³-hybridized carbons (Fsp3) is 0.500. The molecule has 7 rings (SSSR count). The van der Waals surface area contributed by atoms with Crippen molar-refractivity contribution >= 4 is 43.4 Å². The third kappa shape index (κ3) is 5.07. The van der Waals surface area contributed by atoms with E-state index in [0.717, 1.165) is 6.33 Å². The number of pyridine rings is 1. The third-order valence-electron chi connectivity index (χ3n) is 7.80. The first-order valence-corrected chi connectivity index (χ1v) is 16.4. The number of ether oxygens (including phenoxy) is 2. The second-order valence-corrected chi connectivity index (χ2v) is 13.7. The molecule has 6 heterocycles. The Hall–Kier alpha value is -3.13. The molecule has 4 aromatic rings. The number of H-pyrrole nitrogens is 1. The van der Waals surface area contributed by atoms with E-state index in [4.69, 9.17) is 28.8 Å². The number of nitrogens with two attached hydrogens (primary N) is 1. The Labute approximate surface area is 245 Å². The second kappa shape index (κ2) is 10.7. The van der Waals surface area contributed by atoms with E-state index in [9.17, 15) is 33.9 Å². The van der Waals surface area contributed by atoms with Crippen LogP contribution in [0.4, 0.5) is 5.69 Å². The lowest BCUT2D eigenvalue weighted by molar-refractivity contribution is -0.166. The van der Waals surface area contributed by atoms with Gasteiger partial charge in [-0.3, -0.25) is 27.5 Å². The normalized spacial score (nSPS) is 38.3. The van der Waals surface area contributed by atoms with Gasteiger partial charge in [0.25, 0.3) is 5.56 Å². The molecule has 2 bridgehead atoms. The highest BCUT2D eigenvalue weighted by atomic mass is 31.2. The van der Waals surface area contributed by atoms with E-state index < -0.39 is 82.8 Å². The van der Waals surface area contributed by atoms with E-state index in [1.807, 2.05) is 0 Å². The number of nitrogen functional groups attached to an aromatic ring is 1. The summed E-state index contributed by atoms with van der Waals surface area (Å²) in [6.07, 6.45) is -5.24. The lowest BCUT2D eigenvalue weighted by atomic mass is 10.1. The summed E-state index contributed by atoms with van der Waals surface area (Å²) in [6.45, 7) is -0.560. The smallest absolute Gasteiger partial charge is 0.397 e. The molecule has 3 aliphatic rings. The van der Waals surface area contributed by atoms with Crippen LogP contribution in [0.5, 0.6) is 0 Å². The molecule has 1 saturated carbocycles. The molecule has 4 unspecified atom stereocenters. The number of hydrogen-bond donors (Lipinski definition) is 6. The van der Waals surface area contributed by atoms with Crippen LogP contribution in [0.2, 0.25) is 0 Å². The van der Waals surface area contributed by atoms with Crippen molar-refractivity contribution in [3.05, 3.63) is 41.6 Å². The molecule has 44 heavy (non-hydrogen) atoms. The summed E-state index contributed by atoms with van der Waals surface area (Å²) in [5, 5.41) is 22.2. The van der Waals surface area contributed by atoms with Crippen molar-refractivity contribution in [2.24, 2.45) is 5.92 Å². The van der Waals surface area contributed by atoms with Crippen molar-refractivity contribution in [2.75, 3.05) is 18.7 Å². The van der Waals surface area contributed by atoms with Gasteiger partial charge in [-0.05, 0) is 12.5 Å². The molecule has 236 valence electrons. The molecule has 22 heteroatoms. The molecular formula is C22H26N8O12P2. The van der Waals surface area contributed by atoms with Crippen LogP contribution in [0.15, 0.2) is 36.0 Å². The van der Waals surface area contributed by atoms with Gasteiger partial charge in [0.05, 0.1) is 43.4 Å². The van der Waals surface area contributed by atoms with Crippen molar-refractivity contribution in [2.45, 2.75) is 49.4 Å². The van der Waals surface area contributed by atoms with Gasteiger partial charge >= 0.3 is 15.4 Å². The summed E-state index contributed by atoms with van der Waals surface area (Å²) >= 11 is 0. The predicted octanol–water partition coefficient (Wildman–Crippen LogP) is -0.655. The van der Waals surface area contributed by atoms with Crippen LogP contribution in [-0.4, -0.2) is 97.7 Å². The minimum Gasteiger partial charge on any atom is -0.397 e. The van der Waals surface area contributed by atoms with E-state index in [-0.39, 0.29) is 23.2 Å². The van der Waals surface area contributed by atoms with Crippen LogP contribution >= 0.6 is 15.4 Å². The summed E-state index contributed by atoms with van der Waals surface area (Å²) in [6, 6.07) is 0.614. The van der Waals surface area contributed by atoms with Crippen molar-refractivity contribution in [3.8, 4) is 0 Å². The van der Waals surface area contributed by atoms with Gasteiger partial charge in [-0.25, -0.2) is 24.5 Å². The largest absolute Gasteiger partial charge is 0.472 e. The van der Waals surface area contributed by atoms with Gasteiger partial charge in [0.1, 0.15) is 17.7 Å². The van der Waals surface area contributed by atoms with E-state index in [0.29, 0.717) is 11.2 Å². The second-order valence-electron chi connectivity index (χ2n) is 10.6. The van der Waals surface area contributed by atoms with Crippen molar-refractivity contribution < 1.29 is 52.2 Å². The van der Waals surface area contributed by atoms with Gasteiger partial charge in [-0.2, -0.15) is 0 Å². The first-order chi connectivity index (χ1) is 20.9. The molecule has 7 N–H and O–H groups in total. The topological polar surface area (TPSA) is 282 Å². The molecule has 0 amide bonds. The molecule has 2 aliphatic heterocycles. The summed E-state index contributed by atoms with van der Waals surface area (Å²) in [7, 11) is -9.69. The zero-order chi connectivity index (χ0) is 31.0. The average molecular weight is 656 g/mol. The fourth-order valence-electron chi connectivity index (χ4n) is 5.75. The SMILES string of the molecule is Nc1ccnc2c1ncn2[C@@H]1O[C@@H]2OCP(=O)(O)OC3[C@@H](O)[C@@H](COP(=O)(O)O[C@@H]2C1O)C[C@H]3n1cnc2c(=O)[nH]cnc21. The number of rotatable bonds is 2. The number of hydrogen-bond acceptors (Lipinski definition) is 15. The number of phosphoric acid groups is 1. The number of anilines is 1.